The molecule has 1 aromatic carbocycles. The van der Waals surface area contributed by atoms with Gasteiger partial charge in [0.1, 0.15) is 5.75 Å². The lowest BCUT2D eigenvalue weighted by Gasteiger charge is -2.09. The van der Waals surface area contributed by atoms with Crippen LogP contribution in [0, 0.1) is 0 Å². The molecule has 0 heterocycles. The van der Waals surface area contributed by atoms with Crippen LogP contribution in [-0.2, 0) is 0 Å². The smallest absolute Gasteiger partial charge is 0.119 e. The van der Waals surface area contributed by atoms with E-state index in [0.717, 1.165) is 24.1 Å². The molecule has 1 aliphatic carbocycles. The molecule has 1 nitrogen and oxygen atoms in total. The van der Waals surface area contributed by atoms with Gasteiger partial charge in [-0.15, -0.1) is 0 Å². The van der Waals surface area contributed by atoms with Crippen molar-refractivity contribution >= 4 is 15.9 Å². The number of halogens is 1. The van der Waals surface area contributed by atoms with Gasteiger partial charge in [0.25, 0.3) is 0 Å². The van der Waals surface area contributed by atoms with E-state index in [0.29, 0.717) is 5.92 Å². The lowest BCUT2D eigenvalue weighted by molar-refractivity contribution is 0.319. The van der Waals surface area contributed by atoms with E-state index in [1.54, 1.807) is 0 Å². The zero-order valence-electron chi connectivity index (χ0n) is 9.36. The van der Waals surface area contributed by atoms with Crippen molar-refractivity contribution in [2.24, 2.45) is 0 Å². The topological polar surface area (TPSA) is 9.23 Å². The Balaban J connectivity index is 1.91. The van der Waals surface area contributed by atoms with Crippen LogP contribution in [0.5, 0.6) is 5.75 Å². The number of benzene rings is 1. The largest absolute Gasteiger partial charge is 0.494 e. The molecule has 86 valence electrons. The van der Waals surface area contributed by atoms with E-state index >= 15 is 0 Å². The maximum Gasteiger partial charge on any atom is 0.119 e. The molecule has 1 aliphatic rings. The zero-order valence-corrected chi connectivity index (χ0v) is 10.9. The standard InChI is InChI=1S/C14H17BrO/c15-10-3-11-16-14-8-6-13(7-9-14)12-4-1-2-5-12/h1,4,6-9,12H,2-3,5,10-11H2. The van der Waals surface area contributed by atoms with Gasteiger partial charge in [-0.05, 0) is 37.0 Å². The van der Waals surface area contributed by atoms with Crippen LogP contribution in [0.25, 0.3) is 0 Å². The number of hydrogen-bond donors (Lipinski definition) is 0. The van der Waals surface area contributed by atoms with E-state index in [2.05, 4.69) is 52.3 Å². The summed E-state index contributed by atoms with van der Waals surface area (Å²) in [6, 6.07) is 8.53. The average molecular weight is 281 g/mol. The van der Waals surface area contributed by atoms with Gasteiger partial charge >= 0.3 is 0 Å². The molecule has 0 N–H and O–H groups in total. The van der Waals surface area contributed by atoms with Crippen LogP contribution >= 0.6 is 15.9 Å². The van der Waals surface area contributed by atoms with Crippen LogP contribution < -0.4 is 4.74 Å². The molecule has 0 spiro atoms. The Kier molecular flexibility index (Phi) is 4.46. The fraction of sp³-hybridized carbons (Fsp3) is 0.429. The Morgan fingerprint density at radius 2 is 2.06 bits per heavy atom. The molecule has 0 aliphatic heterocycles. The van der Waals surface area contributed by atoms with E-state index in [9.17, 15) is 0 Å². The first kappa shape index (κ1) is 11.7. The summed E-state index contributed by atoms with van der Waals surface area (Å²) in [7, 11) is 0. The SMILES string of the molecule is BrCCCOc1ccc(C2C=CCC2)cc1. The van der Waals surface area contributed by atoms with Gasteiger partial charge in [0.15, 0.2) is 0 Å². The monoisotopic (exact) mass is 280 g/mol. The van der Waals surface area contributed by atoms with Crippen molar-refractivity contribution in [1.29, 1.82) is 0 Å². The van der Waals surface area contributed by atoms with Crippen molar-refractivity contribution in [3.63, 3.8) is 0 Å². The minimum absolute atomic E-state index is 0.622. The second-order valence-electron chi connectivity index (χ2n) is 4.07. The first-order chi connectivity index (χ1) is 7.90. The lowest BCUT2D eigenvalue weighted by Crippen LogP contribution is -1.98. The van der Waals surface area contributed by atoms with Gasteiger partial charge in [-0.2, -0.15) is 0 Å². The quantitative estimate of drug-likeness (QED) is 0.444. The van der Waals surface area contributed by atoms with E-state index in [1.807, 2.05) is 0 Å². The molecular formula is C14H17BrO. The van der Waals surface area contributed by atoms with Gasteiger partial charge < -0.3 is 4.74 Å². The number of ether oxygens (including phenoxy) is 1. The van der Waals surface area contributed by atoms with Gasteiger partial charge in [-0.25, -0.2) is 0 Å². The maximum atomic E-state index is 5.62. The maximum absolute atomic E-state index is 5.62. The second kappa shape index (κ2) is 6.09. The lowest BCUT2D eigenvalue weighted by atomic mass is 9.99. The fourth-order valence-electron chi connectivity index (χ4n) is 1.97. The van der Waals surface area contributed by atoms with Gasteiger partial charge in [0, 0.05) is 11.2 Å². The molecular weight excluding hydrogens is 264 g/mol. The molecule has 2 rings (SSSR count). The number of allylic oxidation sites excluding steroid dienone is 2. The number of hydrogen-bond acceptors (Lipinski definition) is 1. The molecule has 0 bridgehead atoms. The Morgan fingerprint density at radius 1 is 1.25 bits per heavy atom. The average Bonchev–Trinajstić information content (AvgIpc) is 2.84. The number of alkyl halides is 1. The molecule has 16 heavy (non-hydrogen) atoms. The van der Waals surface area contributed by atoms with Crippen molar-refractivity contribution in [3.8, 4) is 5.75 Å². The summed E-state index contributed by atoms with van der Waals surface area (Å²) in [4.78, 5) is 0. The third kappa shape index (κ3) is 3.11. The van der Waals surface area contributed by atoms with Crippen LogP contribution in [0.1, 0.15) is 30.7 Å². The van der Waals surface area contributed by atoms with Crippen LogP contribution in [-0.4, -0.2) is 11.9 Å². The Bertz CT molecular complexity index is 342. The first-order valence-corrected chi connectivity index (χ1v) is 6.97. The highest BCUT2D eigenvalue weighted by Crippen LogP contribution is 2.29. The highest BCUT2D eigenvalue weighted by Gasteiger charge is 2.11. The van der Waals surface area contributed by atoms with Crippen molar-refractivity contribution in [2.45, 2.75) is 25.2 Å². The first-order valence-electron chi connectivity index (χ1n) is 5.85. The molecule has 2 heteroatoms. The van der Waals surface area contributed by atoms with Crippen molar-refractivity contribution in [1.82, 2.24) is 0 Å². The zero-order chi connectivity index (χ0) is 11.2. The van der Waals surface area contributed by atoms with Gasteiger partial charge in [-0.3, -0.25) is 0 Å². The predicted molar refractivity (Wildman–Crippen MR) is 71.5 cm³/mol. The Morgan fingerprint density at radius 3 is 2.69 bits per heavy atom. The van der Waals surface area contributed by atoms with Gasteiger partial charge in [-0.1, -0.05) is 40.2 Å². The molecule has 0 fully saturated rings. The highest BCUT2D eigenvalue weighted by atomic mass is 79.9. The minimum Gasteiger partial charge on any atom is -0.494 e. The summed E-state index contributed by atoms with van der Waals surface area (Å²) in [5.74, 6) is 1.60. The summed E-state index contributed by atoms with van der Waals surface area (Å²) >= 11 is 3.39. The summed E-state index contributed by atoms with van der Waals surface area (Å²) < 4.78 is 5.62. The second-order valence-corrected chi connectivity index (χ2v) is 4.87. The fourth-order valence-corrected chi connectivity index (χ4v) is 2.20. The molecule has 1 unspecified atom stereocenters. The molecule has 0 aromatic heterocycles. The Labute approximate surface area is 106 Å². The molecule has 1 atom stereocenters. The van der Waals surface area contributed by atoms with E-state index in [4.69, 9.17) is 4.74 Å². The van der Waals surface area contributed by atoms with Crippen molar-refractivity contribution in [3.05, 3.63) is 42.0 Å². The third-order valence-corrected chi connectivity index (χ3v) is 3.43. The normalized spacial score (nSPS) is 18.9. The van der Waals surface area contributed by atoms with Crippen LogP contribution in [0.3, 0.4) is 0 Å². The summed E-state index contributed by atoms with van der Waals surface area (Å²) in [5, 5.41) is 0.998. The van der Waals surface area contributed by atoms with E-state index < -0.39 is 0 Å². The minimum atomic E-state index is 0.622. The van der Waals surface area contributed by atoms with Gasteiger partial charge in [0.2, 0.25) is 0 Å². The molecule has 0 saturated carbocycles. The van der Waals surface area contributed by atoms with Gasteiger partial charge in [0.05, 0.1) is 6.61 Å². The number of rotatable bonds is 5. The Hall–Kier alpha value is -0.760. The van der Waals surface area contributed by atoms with Crippen LogP contribution in [0.4, 0.5) is 0 Å². The molecule has 0 amide bonds. The van der Waals surface area contributed by atoms with Crippen molar-refractivity contribution in [2.75, 3.05) is 11.9 Å². The molecule has 1 aromatic rings. The van der Waals surface area contributed by atoms with Crippen molar-refractivity contribution < 1.29 is 4.74 Å². The molecule has 0 radical (unpaired) electrons. The summed E-state index contributed by atoms with van der Waals surface area (Å²) in [6.45, 7) is 0.786. The summed E-state index contributed by atoms with van der Waals surface area (Å²) in [5.41, 5.74) is 1.40. The summed E-state index contributed by atoms with van der Waals surface area (Å²) in [6.07, 6.45) is 8.09. The van der Waals surface area contributed by atoms with Crippen LogP contribution in [0.15, 0.2) is 36.4 Å². The van der Waals surface area contributed by atoms with E-state index in [-0.39, 0.29) is 0 Å². The highest BCUT2D eigenvalue weighted by molar-refractivity contribution is 9.09. The van der Waals surface area contributed by atoms with E-state index in [1.165, 1.54) is 18.4 Å². The third-order valence-electron chi connectivity index (χ3n) is 2.87. The van der Waals surface area contributed by atoms with Crippen LogP contribution in [0.2, 0.25) is 0 Å². The predicted octanol–water partition coefficient (Wildman–Crippen LogP) is 4.28. The molecule has 0 saturated heterocycles.